The molecule has 1 atom stereocenters. The van der Waals surface area contributed by atoms with E-state index in [1.54, 1.807) is 0 Å². The van der Waals surface area contributed by atoms with Gasteiger partial charge in [-0.05, 0) is 43.1 Å². The molecule has 108 valence electrons. The number of hydrogen-bond acceptors (Lipinski definition) is 2. The van der Waals surface area contributed by atoms with Crippen molar-refractivity contribution in [3.63, 3.8) is 0 Å². The van der Waals surface area contributed by atoms with Crippen molar-refractivity contribution in [3.05, 3.63) is 71.5 Å². The Morgan fingerprint density at radius 3 is 2.71 bits per heavy atom. The maximum absolute atomic E-state index is 4.48. The largest absolute Gasteiger partial charge is 0.306 e. The molecule has 0 radical (unpaired) electrons. The maximum atomic E-state index is 4.48. The van der Waals surface area contributed by atoms with Crippen molar-refractivity contribution < 1.29 is 0 Å². The molecule has 0 amide bonds. The van der Waals surface area contributed by atoms with Crippen LogP contribution in [-0.4, -0.2) is 16.2 Å². The number of nitrogens with zero attached hydrogens (tertiary/aromatic N) is 2. The van der Waals surface area contributed by atoms with Gasteiger partial charge in [0.05, 0.1) is 17.8 Å². The van der Waals surface area contributed by atoms with E-state index in [0.717, 1.165) is 18.5 Å². The Kier molecular flexibility index (Phi) is 4.02. The van der Waals surface area contributed by atoms with Crippen LogP contribution in [0, 0.1) is 6.92 Å². The van der Waals surface area contributed by atoms with E-state index in [9.17, 15) is 0 Å². The van der Waals surface area contributed by atoms with E-state index in [0.29, 0.717) is 0 Å². The summed E-state index contributed by atoms with van der Waals surface area (Å²) >= 11 is 0. The highest BCUT2D eigenvalue weighted by Crippen LogP contribution is 2.27. The molecule has 0 saturated carbocycles. The van der Waals surface area contributed by atoms with Crippen molar-refractivity contribution in [2.45, 2.75) is 26.3 Å². The third-order valence-electron chi connectivity index (χ3n) is 3.87. The number of aromatic nitrogens is 2. The molecule has 1 aromatic carbocycles. The summed E-state index contributed by atoms with van der Waals surface area (Å²) in [5, 5.41) is 8.15. The topological polar surface area (TPSA) is 29.3 Å². The molecule has 3 nitrogen and oxygen atoms in total. The van der Waals surface area contributed by atoms with Crippen molar-refractivity contribution in [2.24, 2.45) is 0 Å². The van der Waals surface area contributed by atoms with Crippen molar-refractivity contribution in [2.75, 3.05) is 6.54 Å². The monoisotopic (exact) mass is 279 g/mol. The molecule has 1 N–H and O–H groups in total. The molecule has 0 spiro atoms. The van der Waals surface area contributed by atoms with E-state index in [1.165, 1.54) is 16.7 Å². The molecule has 0 aliphatic rings. The zero-order valence-electron chi connectivity index (χ0n) is 12.6. The van der Waals surface area contributed by atoms with E-state index < -0.39 is 0 Å². The first-order valence-corrected chi connectivity index (χ1v) is 7.52. The predicted molar refractivity (Wildman–Crippen MR) is 86.5 cm³/mol. The van der Waals surface area contributed by atoms with Gasteiger partial charge in [0, 0.05) is 11.8 Å². The Morgan fingerprint density at radius 1 is 1.10 bits per heavy atom. The summed E-state index contributed by atoms with van der Waals surface area (Å²) in [4.78, 5) is 0. The van der Waals surface area contributed by atoms with Crippen LogP contribution in [0.2, 0.25) is 0 Å². The molecule has 1 unspecified atom stereocenters. The van der Waals surface area contributed by atoms with Crippen LogP contribution in [0.15, 0.2) is 54.9 Å². The molecule has 0 aliphatic carbocycles. The standard InChI is InChI=1S/C18H21N3/c1-3-11-19-18(15-9-5-4-8-14(15)2)16-13-20-21-12-7-6-10-17(16)21/h4-10,12-13,18-19H,3,11H2,1-2H3. The van der Waals surface area contributed by atoms with Crippen LogP contribution in [0.4, 0.5) is 0 Å². The Labute approximate surface area is 125 Å². The van der Waals surface area contributed by atoms with Crippen molar-refractivity contribution in [1.82, 2.24) is 14.9 Å². The molecular formula is C18H21N3. The van der Waals surface area contributed by atoms with Crippen LogP contribution in [0.1, 0.15) is 36.1 Å². The third-order valence-corrected chi connectivity index (χ3v) is 3.87. The van der Waals surface area contributed by atoms with Crippen molar-refractivity contribution in [1.29, 1.82) is 0 Å². The summed E-state index contributed by atoms with van der Waals surface area (Å²) in [6, 6.07) is 14.9. The molecule has 3 rings (SSSR count). The lowest BCUT2D eigenvalue weighted by atomic mass is 9.95. The molecule has 21 heavy (non-hydrogen) atoms. The highest BCUT2D eigenvalue weighted by Gasteiger charge is 2.19. The zero-order chi connectivity index (χ0) is 14.7. The van der Waals surface area contributed by atoms with Crippen LogP contribution < -0.4 is 5.32 Å². The fourth-order valence-electron chi connectivity index (χ4n) is 2.76. The molecule has 2 aromatic heterocycles. The first kappa shape index (κ1) is 13.8. The molecule has 0 aliphatic heterocycles. The number of rotatable bonds is 5. The average Bonchev–Trinajstić information content (AvgIpc) is 2.93. The SMILES string of the molecule is CCCNC(c1ccccc1C)c1cnn2ccccc12. The fourth-order valence-corrected chi connectivity index (χ4v) is 2.76. The van der Waals surface area contributed by atoms with E-state index in [2.05, 4.69) is 60.7 Å². The van der Waals surface area contributed by atoms with Gasteiger partial charge < -0.3 is 5.32 Å². The second kappa shape index (κ2) is 6.10. The molecule has 2 heterocycles. The highest BCUT2D eigenvalue weighted by molar-refractivity contribution is 5.57. The number of fused-ring (bicyclic) bond motifs is 1. The summed E-state index contributed by atoms with van der Waals surface area (Å²) in [6.45, 7) is 5.35. The van der Waals surface area contributed by atoms with Crippen LogP contribution >= 0.6 is 0 Å². The van der Waals surface area contributed by atoms with Gasteiger partial charge in [0.15, 0.2) is 0 Å². The van der Waals surface area contributed by atoms with Crippen LogP contribution in [0.25, 0.3) is 5.52 Å². The maximum Gasteiger partial charge on any atom is 0.0712 e. The molecule has 3 heteroatoms. The van der Waals surface area contributed by atoms with Gasteiger partial charge >= 0.3 is 0 Å². The number of pyridine rings is 1. The number of aryl methyl sites for hydroxylation is 1. The molecule has 3 aromatic rings. The lowest BCUT2D eigenvalue weighted by Crippen LogP contribution is -2.23. The van der Waals surface area contributed by atoms with Crippen molar-refractivity contribution >= 4 is 5.52 Å². The second-order valence-corrected chi connectivity index (χ2v) is 5.37. The summed E-state index contributed by atoms with van der Waals surface area (Å²) < 4.78 is 1.94. The Morgan fingerprint density at radius 2 is 1.90 bits per heavy atom. The summed E-state index contributed by atoms with van der Waals surface area (Å²) in [6.07, 6.45) is 5.09. The normalized spacial score (nSPS) is 12.7. The number of nitrogens with one attached hydrogen (secondary N) is 1. The molecule has 0 saturated heterocycles. The Bertz CT molecular complexity index is 730. The van der Waals surface area contributed by atoms with E-state index in [1.807, 2.05) is 23.0 Å². The van der Waals surface area contributed by atoms with E-state index in [4.69, 9.17) is 0 Å². The first-order valence-electron chi connectivity index (χ1n) is 7.52. The van der Waals surface area contributed by atoms with Gasteiger partial charge in [-0.1, -0.05) is 37.3 Å². The molecule has 0 bridgehead atoms. The minimum absolute atomic E-state index is 0.186. The zero-order valence-corrected chi connectivity index (χ0v) is 12.6. The van der Waals surface area contributed by atoms with Crippen LogP contribution in [0.5, 0.6) is 0 Å². The summed E-state index contributed by atoms with van der Waals surface area (Å²) in [5.74, 6) is 0. The molecular weight excluding hydrogens is 258 g/mol. The number of hydrogen-bond donors (Lipinski definition) is 1. The summed E-state index contributed by atoms with van der Waals surface area (Å²) in [7, 11) is 0. The smallest absolute Gasteiger partial charge is 0.0712 e. The van der Waals surface area contributed by atoms with Gasteiger partial charge in [0.25, 0.3) is 0 Å². The van der Waals surface area contributed by atoms with Crippen LogP contribution in [0.3, 0.4) is 0 Å². The molecule has 0 fully saturated rings. The minimum atomic E-state index is 0.186. The van der Waals surface area contributed by atoms with Gasteiger partial charge in [-0.2, -0.15) is 5.10 Å². The quantitative estimate of drug-likeness (QED) is 0.771. The van der Waals surface area contributed by atoms with Gasteiger partial charge in [-0.25, -0.2) is 4.52 Å². The predicted octanol–water partition coefficient (Wildman–Crippen LogP) is 3.73. The lowest BCUT2D eigenvalue weighted by molar-refractivity contribution is 0.599. The van der Waals surface area contributed by atoms with E-state index >= 15 is 0 Å². The lowest BCUT2D eigenvalue weighted by Gasteiger charge is -2.20. The number of benzene rings is 1. The van der Waals surface area contributed by atoms with Gasteiger partial charge in [0.1, 0.15) is 0 Å². The van der Waals surface area contributed by atoms with Gasteiger partial charge in [-0.3, -0.25) is 0 Å². The van der Waals surface area contributed by atoms with Crippen LogP contribution in [-0.2, 0) is 0 Å². The van der Waals surface area contributed by atoms with Crippen molar-refractivity contribution in [3.8, 4) is 0 Å². The first-order chi connectivity index (χ1) is 10.3. The highest BCUT2D eigenvalue weighted by atomic mass is 15.2. The third kappa shape index (κ3) is 2.69. The van der Waals surface area contributed by atoms with E-state index in [-0.39, 0.29) is 6.04 Å². The Balaban J connectivity index is 2.09. The van der Waals surface area contributed by atoms with Gasteiger partial charge in [0.2, 0.25) is 0 Å². The minimum Gasteiger partial charge on any atom is -0.306 e. The fraction of sp³-hybridized carbons (Fsp3) is 0.278. The van der Waals surface area contributed by atoms with Gasteiger partial charge in [-0.15, -0.1) is 0 Å². The second-order valence-electron chi connectivity index (χ2n) is 5.37. The average molecular weight is 279 g/mol. The summed E-state index contributed by atoms with van der Waals surface area (Å²) in [5.41, 5.74) is 5.03. The Hall–Kier alpha value is -2.13.